The van der Waals surface area contributed by atoms with Crippen LogP contribution >= 0.6 is 0 Å². The van der Waals surface area contributed by atoms with Crippen LogP contribution in [0.25, 0.3) is 0 Å². The number of amides is 1. The molecule has 0 saturated carbocycles. The van der Waals surface area contributed by atoms with Crippen LogP contribution in [0.5, 0.6) is 0 Å². The zero-order valence-electron chi connectivity index (χ0n) is 12.3. The van der Waals surface area contributed by atoms with Crippen molar-refractivity contribution in [1.82, 2.24) is 5.32 Å². The highest BCUT2D eigenvalue weighted by Crippen LogP contribution is 2.31. The van der Waals surface area contributed by atoms with Crippen molar-refractivity contribution in [1.29, 1.82) is 0 Å². The molecule has 0 radical (unpaired) electrons. The maximum Gasteiger partial charge on any atom is 0.229 e. The summed E-state index contributed by atoms with van der Waals surface area (Å²) in [6, 6.07) is -1.04. The van der Waals surface area contributed by atoms with E-state index in [0.29, 0.717) is 0 Å². The van der Waals surface area contributed by atoms with E-state index < -0.39 is 54.4 Å². The Bertz CT molecular complexity index is 400. The van der Waals surface area contributed by atoms with Gasteiger partial charge in [-0.25, -0.2) is 0 Å². The van der Waals surface area contributed by atoms with E-state index >= 15 is 0 Å². The quantitative estimate of drug-likeness (QED) is 0.398. The van der Waals surface area contributed by atoms with Gasteiger partial charge in [0, 0.05) is 19.8 Å². The maximum atomic E-state index is 11.8. The standard InChI is InChI=1S/C13H23NO7/c1-4-9(18)13(20)5-8(17)10(14-7(3)16)12(21-13)11(19)6(2)15/h6,8,10-12,15,17,19-20H,4-5H2,1-3H3,(H,14,16)/t6-,8+,10-,11-,12?,13+/m1/s1. The Balaban J connectivity index is 3.08. The first kappa shape index (κ1) is 18.0. The second-order valence-electron chi connectivity index (χ2n) is 5.37. The summed E-state index contributed by atoms with van der Waals surface area (Å²) in [5.74, 6) is -3.37. The van der Waals surface area contributed by atoms with Crippen LogP contribution in [0.2, 0.25) is 0 Å². The molecule has 0 aromatic heterocycles. The lowest BCUT2D eigenvalue weighted by atomic mass is 9.87. The first-order chi connectivity index (χ1) is 9.62. The lowest BCUT2D eigenvalue weighted by Crippen LogP contribution is -2.66. The number of aliphatic hydroxyl groups is 4. The van der Waals surface area contributed by atoms with Gasteiger partial charge in [0.15, 0.2) is 5.78 Å². The summed E-state index contributed by atoms with van der Waals surface area (Å²) in [4.78, 5) is 23.0. The van der Waals surface area contributed by atoms with Crippen LogP contribution in [0.15, 0.2) is 0 Å². The van der Waals surface area contributed by atoms with Gasteiger partial charge in [0.25, 0.3) is 0 Å². The number of ether oxygens (including phenoxy) is 1. The van der Waals surface area contributed by atoms with Crippen LogP contribution in [-0.2, 0) is 14.3 Å². The minimum atomic E-state index is -2.25. The first-order valence-electron chi connectivity index (χ1n) is 6.87. The van der Waals surface area contributed by atoms with Crippen LogP contribution in [0.1, 0.15) is 33.6 Å². The number of ketones is 1. The molecule has 0 bridgehead atoms. The molecule has 1 unspecified atom stereocenters. The highest BCUT2D eigenvalue weighted by atomic mass is 16.6. The summed E-state index contributed by atoms with van der Waals surface area (Å²) in [5.41, 5.74) is 0. The summed E-state index contributed by atoms with van der Waals surface area (Å²) >= 11 is 0. The fourth-order valence-electron chi connectivity index (χ4n) is 2.40. The fourth-order valence-corrected chi connectivity index (χ4v) is 2.40. The number of carbonyl (C=O) groups excluding carboxylic acids is 2. The van der Waals surface area contributed by atoms with E-state index in [2.05, 4.69) is 5.32 Å². The predicted octanol–water partition coefficient (Wildman–Crippen LogP) is -1.95. The number of rotatable bonds is 5. The first-order valence-corrected chi connectivity index (χ1v) is 6.87. The molecule has 21 heavy (non-hydrogen) atoms. The Labute approximate surface area is 122 Å². The van der Waals surface area contributed by atoms with Gasteiger partial charge in [0.2, 0.25) is 11.7 Å². The van der Waals surface area contributed by atoms with Gasteiger partial charge in [0.05, 0.1) is 18.2 Å². The van der Waals surface area contributed by atoms with E-state index in [9.17, 15) is 30.0 Å². The van der Waals surface area contributed by atoms with Crippen molar-refractivity contribution < 1.29 is 34.8 Å². The van der Waals surface area contributed by atoms with Crippen molar-refractivity contribution >= 4 is 11.7 Å². The van der Waals surface area contributed by atoms with E-state index in [1.807, 2.05) is 0 Å². The zero-order chi connectivity index (χ0) is 16.4. The van der Waals surface area contributed by atoms with Gasteiger partial charge in [-0.1, -0.05) is 6.92 Å². The molecule has 1 saturated heterocycles. The largest absolute Gasteiger partial charge is 0.391 e. The molecular formula is C13H23NO7. The molecule has 1 heterocycles. The van der Waals surface area contributed by atoms with E-state index in [-0.39, 0.29) is 6.42 Å². The van der Waals surface area contributed by atoms with Crippen molar-refractivity contribution in [2.24, 2.45) is 0 Å². The van der Waals surface area contributed by atoms with Gasteiger partial charge in [0.1, 0.15) is 12.2 Å². The third kappa shape index (κ3) is 3.98. The number of Topliss-reactive ketones (excluding diaryl/α,β-unsaturated/α-hetero) is 1. The van der Waals surface area contributed by atoms with Gasteiger partial charge in [-0.05, 0) is 6.92 Å². The molecular weight excluding hydrogens is 282 g/mol. The van der Waals surface area contributed by atoms with Crippen molar-refractivity contribution in [3.8, 4) is 0 Å². The minimum Gasteiger partial charge on any atom is -0.391 e. The van der Waals surface area contributed by atoms with Crippen molar-refractivity contribution in [2.45, 2.75) is 69.9 Å². The van der Waals surface area contributed by atoms with Crippen molar-refractivity contribution in [2.75, 3.05) is 0 Å². The van der Waals surface area contributed by atoms with Crippen molar-refractivity contribution in [3.05, 3.63) is 0 Å². The van der Waals surface area contributed by atoms with Crippen LogP contribution < -0.4 is 5.32 Å². The third-order valence-corrected chi connectivity index (χ3v) is 3.54. The van der Waals surface area contributed by atoms with E-state index in [0.717, 1.165) is 0 Å². The molecule has 1 aliphatic rings. The summed E-state index contributed by atoms with van der Waals surface area (Å²) in [5, 5.41) is 42.2. The highest BCUT2D eigenvalue weighted by molar-refractivity contribution is 5.85. The monoisotopic (exact) mass is 305 g/mol. The Kier molecular flexibility index (Phi) is 5.83. The molecule has 1 aliphatic heterocycles. The second-order valence-corrected chi connectivity index (χ2v) is 5.37. The number of carbonyl (C=O) groups is 2. The molecule has 8 heteroatoms. The number of aliphatic hydroxyl groups excluding tert-OH is 3. The van der Waals surface area contributed by atoms with Crippen LogP contribution in [0.4, 0.5) is 0 Å². The fraction of sp³-hybridized carbons (Fsp3) is 0.846. The minimum absolute atomic E-state index is 0.0223. The summed E-state index contributed by atoms with van der Waals surface area (Å²) < 4.78 is 5.25. The number of hydrogen-bond donors (Lipinski definition) is 5. The van der Waals surface area contributed by atoms with E-state index in [1.54, 1.807) is 0 Å². The molecule has 8 nitrogen and oxygen atoms in total. The summed E-state index contributed by atoms with van der Waals surface area (Å²) in [6.45, 7) is 4.03. The molecule has 6 atom stereocenters. The molecule has 0 spiro atoms. The van der Waals surface area contributed by atoms with Gasteiger partial charge < -0.3 is 30.5 Å². The molecule has 0 aliphatic carbocycles. The average Bonchev–Trinajstić information content (AvgIpc) is 2.39. The van der Waals surface area contributed by atoms with Crippen LogP contribution in [-0.4, -0.2) is 68.4 Å². The molecule has 1 fully saturated rings. The van der Waals surface area contributed by atoms with E-state index in [4.69, 9.17) is 4.74 Å². The van der Waals surface area contributed by atoms with Gasteiger partial charge >= 0.3 is 0 Å². The zero-order valence-corrected chi connectivity index (χ0v) is 12.3. The Morgan fingerprint density at radius 3 is 2.43 bits per heavy atom. The Hall–Kier alpha value is -1.06. The normalized spacial score (nSPS) is 35.9. The molecule has 122 valence electrons. The average molecular weight is 305 g/mol. The van der Waals surface area contributed by atoms with Gasteiger partial charge in [-0.15, -0.1) is 0 Å². The highest BCUT2D eigenvalue weighted by Gasteiger charge is 2.52. The van der Waals surface area contributed by atoms with Crippen molar-refractivity contribution in [3.63, 3.8) is 0 Å². The van der Waals surface area contributed by atoms with Crippen LogP contribution in [0, 0.1) is 0 Å². The maximum absolute atomic E-state index is 11.8. The number of hydrogen-bond acceptors (Lipinski definition) is 7. The van der Waals surface area contributed by atoms with Gasteiger partial charge in [-0.2, -0.15) is 0 Å². The molecule has 0 aromatic carbocycles. The Morgan fingerprint density at radius 1 is 1.43 bits per heavy atom. The molecule has 1 amide bonds. The third-order valence-electron chi connectivity index (χ3n) is 3.54. The van der Waals surface area contributed by atoms with Gasteiger partial charge in [-0.3, -0.25) is 9.59 Å². The summed E-state index contributed by atoms with van der Waals surface area (Å²) in [6.07, 6.45) is -5.80. The SMILES string of the molecule is CCC(=O)[C@]1(O)C[C@H](O)[C@@H](NC(C)=O)C([C@H](O)[C@@H](C)O)O1. The predicted molar refractivity (Wildman–Crippen MR) is 71.0 cm³/mol. The molecule has 5 N–H and O–H groups in total. The topological polar surface area (TPSA) is 136 Å². The number of nitrogens with one attached hydrogen (secondary N) is 1. The summed E-state index contributed by atoms with van der Waals surface area (Å²) in [7, 11) is 0. The lowest BCUT2D eigenvalue weighted by molar-refractivity contribution is -0.284. The molecule has 1 rings (SSSR count). The molecule has 0 aromatic rings. The smallest absolute Gasteiger partial charge is 0.229 e. The second kappa shape index (κ2) is 6.80. The Morgan fingerprint density at radius 2 is 2.00 bits per heavy atom. The lowest BCUT2D eigenvalue weighted by Gasteiger charge is -2.45. The van der Waals surface area contributed by atoms with E-state index in [1.165, 1.54) is 20.8 Å². The van der Waals surface area contributed by atoms with Crippen LogP contribution in [0.3, 0.4) is 0 Å².